The summed E-state index contributed by atoms with van der Waals surface area (Å²) in [6, 6.07) is 11.7. The number of carbonyl (C=O) groups excluding carboxylic acids is 2. The maximum Gasteiger partial charge on any atom is 0.251 e. The number of amides is 2. The number of rotatable bonds is 9. The predicted octanol–water partition coefficient (Wildman–Crippen LogP) is 3.81. The molecule has 2 aromatic rings. The standard InChI is InChI=1S/C19H21Cl2N3O3/c1-27-10-2-9-22-19(26)13-3-6-15(7-4-13)23-12-18(25)24-17-11-14(20)5-8-16(17)21/h3-8,11,23H,2,9-10,12H2,1H3,(H,22,26)(H,24,25). The maximum atomic E-state index is 12.0. The van der Waals surface area contributed by atoms with E-state index in [-0.39, 0.29) is 18.4 Å². The van der Waals surface area contributed by atoms with Gasteiger partial charge in [0.05, 0.1) is 17.3 Å². The largest absolute Gasteiger partial charge is 0.385 e. The molecule has 0 spiro atoms. The van der Waals surface area contributed by atoms with Crippen molar-refractivity contribution < 1.29 is 14.3 Å². The molecule has 2 amide bonds. The first-order chi connectivity index (χ1) is 13.0. The Bertz CT molecular complexity index is 782. The minimum Gasteiger partial charge on any atom is -0.385 e. The zero-order chi connectivity index (χ0) is 19.6. The molecule has 0 aliphatic rings. The van der Waals surface area contributed by atoms with E-state index < -0.39 is 0 Å². The number of carbonyl (C=O) groups is 2. The van der Waals surface area contributed by atoms with Crippen molar-refractivity contribution in [3.8, 4) is 0 Å². The van der Waals surface area contributed by atoms with E-state index in [9.17, 15) is 9.59 Å². The van der Waals surface area contributed by atoms with Gasteiger partial charge in [-0.3, -0.25) is 9.59 Å². The summed E-state index contributed by atoms with van der Waals surface area (Å²) in [6.07, 6.45) is 0.758. The van der Waals surface area contributed by atoms with Gasteiger partial charge in [-0.05, 0) is 48.9 Å². The summed E-state index contributed by atoms with van der Waals surface area (Å²) in [4.78, 5) is 24.0. The van der Waals surface area contributed by atoms with Crippen molar-refractivity contribution in [2.45, 2.75) is 6.42 Å². The molecule has 2 rings (SSSR count). The van der Waals surface area contributed by atoms with E-state index >= 15 is 0 Å². The van der Waals surface area contributed by atoms with E-state index in [1.165, 1.54) is 0 Å². The van der Waals surface area contributed by atoms with Gasteiger partial charge in [0.1, 0.15) is 0 Å². The highest BCUT2D eigenvalue weighted by Crippen LogP contribution is 2.25. The molecule has 0 fully saturated rings. The van der Waals surface area contributed by atoms with Crippen molar-refractivity contribution in [3.63, 3.8) is 0 Å². The van der Waals surface area contributed by atoms with Crippen LogP contribution in [0, 0.1) is 0 Å². The summed E-state index contributed by atoms with van der Waals surface area (Å²) in [6.45, 7) is 1.20. The van der Waals surface area contributed by atoms with Gasteiger partial charge in [-0.1, -0.05) is 23.2 Å². The first-order valence-electron chi connectivity index (χ1n) is 8.35. The van der Waals surface area contributed by atoms with Crippen LogP contribution in [0.1, 0.15) is 16.8 Å². The van der Waals surface area contributed by atoms with Crippen LogP contribution in [-0.4, -0.2) is 38.6 Å². The molecule has 6 nitrogen and oxygen atoms in total. The fourth-order valence-corrected chi connectivity index (χ4v) is 2.57. The molecule has 0 saturated carbocycles. The first kappa shape index (κ1) is 21.0. The van der Waals surface area contributed by atoms with Crippen molar-refractivity contribution >= 4 is 46.4 Å². The molecular weight excluding hydrogens is 389 g/mol. The van der Waals surface area contributed by atoms with Crippen LogP contribution < -0.4 is 16.0 Å². The van der Waals surface area contributed by atoms with Crippen molar-refractivity contribution in [2.24, 2.45) is 0 Å². The third-order valence-electron chi connectivity index (χ3n) is 3.61. The third kappa shape index (κ3) is 7.09. The van der Waals surface area contributed by atoms with Crippen molar-refractivity contribution in [1.29, 1.82) is 0 Å². The molecule has 2 aromatic carbocycles. The second-order valence-electron chi connectivity index (χ2n) is 5.71. The number of methoxy groups -OCH3 is 1. The minimum absolute atomic E-state index is 0.0470. The normalized spacial score (nSPS) is 10.3. The quantitative estimate of drug-likeness (QED) is 0.550. The Hall–Kier alpha value is -2.28. The summed E-state index contributed by atoms with van der Waals surface area (Å²) < 4.78 is 4.93. The monoisotopic (exact) mass is 409 g/mol. The average molecular weight is 410 g/mol. The van der Waals surface area contributed by atoms with Crippen LogP contribution in [0.2, 0.25) is 10.0 Å². The van der Waals surface area contributed by atoms with Crippen LogP contribution in [0.3, 0.4) is 0 Å². The molecule has 0 aliphatic heterocycles. The number of benzene rings is 2. The Labute approximate surface area is 168 Å². The summed E-state index contributed by atoms with van der Waals surface area (Å²) in [7, 11) is 1.62. The summed E-state index contributed by atoms with van der Waals surface area (Å²) in [5, 5.41) is 9.39. The fraction of sp³-hybridized carbons (Fsp3) is 0.263. The number of hydrogen-bond donors (Lipinski definition) is 3. The van der Waals surface area contributed by atoms with E-state index in [2.05, 4.69) is 16.0 Å². The third-order valence-corrected chi connectivity index (χ3v) is 4.18. The number of anilines is 2. The molecular formula is C19H21Cl2N3O3. The Balaban J connectivity index is 1.81. The number of halogens is 2. The van der Waals surface area contributed by atoms with Gasteiger partial charge >= 0.3 is 0 Å². The van der Waals surface area contributed by atoms with Crippen LogP contribution in [0.15, 0.2) is 42.5 Å². The van der Waals surface area contributed by atoms with Gasteiger partial charge < -0.3 is 20.7 Å². The van der Waals surface area contributed by atoms with Crippen LogP contribution in [0.4, 0.5) is 11.4 Å². The lowest BCUT2D eigenvalue weighted by Crippen LogP contribution is -2.25. The number of nitrogens with one attached hydrogen (secondary N) is 3. The molecule has 144 valence electrons. The molecule has 0 atom stereocenters. The number of ether oxygens (including phenoxy) is 1. The fourth-order valence-electron chi connectivity index (χ4n) is 2.23. The number of hydrogen-bond acceptors (Lipinski definition) is 4. The molecule has 8 heteroatoms. The van der Waals surface area contributed by atoms with E-state index in [1.807, 2.05) is 0 Å². The molecule has 0 bridgehead atoms. The summed E-state index contributed by atoms with van der Waals surface area (Å²) in [5.74, 6) is -0.412. The Morgan fingerprint density at radius 1 is 1.07 bits per heavy atom. The van der Waals surface area contributed by atoms with Gasteiger partial charge in [0.25, 0.3) is 5.91 Å². The molecule has 0 heterocycles. The smallest absolute Gasteiger partial charge is 0.251 e. The molecule has 0 unspecified atom stereocenters. The van der Waals surface area contributed by atoms with Crippen molar-refractivity contribution in [3.05, 3.63) is 58.1 Å². The van der Waals surface area contributed by atoms with Gasteiger partial charge in [-0.2, -0.15) is 0 Å². The van der Waals surface area contributed by atoms with E-state index in [0.717, 1.165) is 12.1 Å². The second kappa shape index (κ2) is 10.8. The minimum atomic E-state index is -0.265. The van der Waals surface area contributed by atoms with Gasteiger partial charge in [-0.15, -0.1) is 0 Å². The van der Waals surface area contributed by atoms with Crippen LogP contribution in [-0.2, 0) is 9.53 Å². The van der Waals surface area contributed by atoms with E-state index in [0.29, 0.717) is 34.4 Å². The highest BCUT2D eigenvalue weighted by atomic mass is 35.5. The Morgan fingerprint density at radius 2 is 1.81 bits per heavy atom. The molecule has 3 N–H and O–H groups in total. The van der Waals surface area contributed by atoms with Crippen molar-refractivity contribution in [1.82, 2.24) is 5.32 Å². The summed E-state index contributed by atoms with van der Waals surface area (Å²) in [5.41, 5.74) is 1.72. The topological polar surface area (TPSA) is 79.5 Å². The molecule has 27 heavy (non-hydrogen) atoms. The molecule has 0 saturated heterocycles. The first-order valence-corrected chi connectivity index (χ1v) is 9.11. The van der Waals surface area contributed by atoms with Crippen LogP contribution in [0.5, 0.6) is 0 Å². The average Bonchev–Trinajstić information content (AvgIpc) is 2.67. The Morgan fingerprint density at radius 3 is 2.52 bits per heavy atom. The highest BCUT2D eigenvalue weighted by molar-refractivity contribution is 6.35. The second-order valence-corrected chi connectivity index (χ2v) is 6.55. The zero-order valence-electron chi connectivity index (χ0n) is 14.9. The molecule has 0 aliphatic carbocycles. The lowest BCUT2D eigenvalue weighted by molar-refractivity contribution is -0.114. The Kier molecular flexibility index (Phi) is 8.39. The zero-order valence-corrected chi connectivity index (χ0v) is 16.4. The van der Waals surface area contributed by atoms with Gasteiger partial charge in [0.2, 0.25) is 5.91 Å². The summed E-state index contributed by atoms with van der Waals surface area (Å²) >= 11 is 11.9. The lowest BCUT2D eigenvalue weighted by Gasteiger charge is -2.10. The van der Waals surface area contributed by atoms with Crippen LogP contribution >= 0.6 is 23.2 Å². The molecule has 0 aromatic heterocycles. The van der Waals surface area contributed by atoms with Crippen molar-refractivity contribution in [2.75, 3.05) is 37.4 Å². The predicted molar refractivity (Wildman–Crippen MR) is 109 cm³/mol. The van der Waals surface area contributed by atoms with Gasteiger partial charge in [0.15, 0.2) is 0 Å². The van der Waals surface area contributed by atoms with E-state index in [4.69, 9.17) is 27.9 Å². The highest BCUT2D eigenvalue weighted by Gasteiger charge is 2.08. The maximum absolute atomic E-state index is 12.0. The molecule has 0 radical (unpaired) electrons. The van der Waals surface area contributed by atoms with Gasteiger partial charge in [0, 0.05) is 36.5 Å². The van der Waals surface area contributed by atoms with Gasteiger partial charge in [-0.25, -0.2) is 0 Å². The van der Waals surface area contributed by atoms with E-state index in [1.54, 1.807) is 49.6 Å². The lowest BCUT2D eigenvalue weighted by atomic mass is 10.2. The SMILES string of the molecule is COCCCNC(=O)c1ccc(NCC(=O)Nc2cc(Cl)ccc2Cl)cc1. The van der Waals surface area contributed by atoms with Crippen LogP contribution in [0.25, 0.3) is 0 Å².